The van der Waals surface area contributed by atoms with Crippen molar-refractivity contribution in [3.05, 3.63) is 54.6 Å². The number of benzene rings is 2. The molecule has 0 spiro atoms. The van der Waals surface area contributed by atoms with Gasteiger partial charge in [-0.3, -0.25) is 4.79 Å². The molecule has 5 nitrogen and oxygen atoms in total. The van der Waals surface area contributed by atoms with E-state index in [-0.39, 0.29) is 18.5 Å². The quantitative estimate of drug-likeness (QED) is 0.686. The summed E-state index contributed by atoms with van der Waals surface area (Å²) in [6, 6.07) is 13.4. The molecule has 134 valence electrons. The fourth-order valence-electron chi connectivity index (χ4n) is 3.30. The summed E-state index contributed by atoms with van der Waals surface area (Å²) in [5.74, 6) is -0.313. The Bertz CT molecular complexity index is 989. The molecule has 1 aliphatic heterocycles. The molecule has 2 heterocycles. The Kier molecular flexibility index (Phi) is 5.11. The third kappa shape index (κ3) is 3.23. The summed E-state index contributed by atoms with van der Waals surface area (Å²) in [6.07, 6.45) is 1.99. The van der Waals surface area contributed by atoms with E-state index < -0.39 is 12.0 Å². The van der Waals surface area contributed by atoms with Gasteiger partial charge in [-0.25, -0.2) is 4.98 Å². The molecule has 2 N–H and O–H groups in total. The molecule has 0 bridgehead atoms. The third-order valence-corrected chi connectivity index (χ3v) is 4.59. The molecule has 2 aromatic carbocycles. The van der Waals surface area contributed by atoms with Crippen LogP contribution in [0.25, 0.3) is 27.8 Å². The van der Waals surface area contributed by atoms with Crippen LogP contribution in [-0.4, -0.2) is 34.8 Å². The Labute approximate surface area is 157 Å². The minimum absolute atomic E-state index is 0. The summed E-state index contributed by atoms with van der Waals surface area (Å²) in [5, 5.41) is 15.1. The van der Waals surface area contributed by atoms with Crippen molar-refractivity contribution in [3.63, 3.8) is 0 Å². The van der Waals surface area contributed by atoms with Gasteiger partial charge in [-0.1, -0.05) is 43.0 Å². The number of carbonyl (C=O) groups is 1. The highest BCUT2D eigenvalue weighted by molar-refractivity contribution is 6.08. The standard InChI is InChI=1S/C20H18N2O3.ClH/c1-2-12-7-8-14-15-5-3-4-6-17(15)22-19(16(14)9-12)25-13-10-18(20(23)24)21-11-13;/h2-9,13,18,21H,1,10-11H2,(H,23,24);1H/t13-,18+;/m1./s1. The smallest absolute Gasteiger partial charge is 0.320 e. The zero-order valence-corrected chi connectivity index (χ0v) is 14.8. The molecule has 0 radical (unpaired) electrons. The number of rotatable bonds is 4. The minimum Gasteiger partial charge on any atom is -0.480 e. The molecule has 0 aliphatic carbocycles. The number of aromatic nitrogens is 1. The van der Waals surface area contributed by atoms with Crippen LogP contribution in [0, 0.1) is 0 Å². The Hall–Kier alpha value is -2.63. The van der Waals surface area contributed by atoms with Gasteiger partial charge in [0.25, 0.3) is 0 Å². The average Bonchev–Trinajstić information content (AvgIpc) is 3.10. The summed E-state index contributed by atoms with van der Waals surface area (Å²) >= 11 is 0. The second-order valence-electron chi connectivity index (χ2n) is 6.22. The molecule has 0 saturated carbocycles. The zero-order chi connectivity index (χ0) is 17.4. The average molecular weight is 371 g/mol. The number of carboxylic acids is 1. The number of pyridine rings is 1. The lowest BCUT2D eigenvalue weighted by molar-refractivity contribution is -0.139. The number of hydrogen-bond acceptors (Lipinski definition) is 4. The van der Waals surface area contributed by atoms with Crippen molar-refractivity contribution < 1.29 is 14.6 Å². The van der Waals surface area contributed by atoms with Crippen LogP contribution in [0.3, 0.4) is 0 Å². The van der Waals surface area contributed by atoms with Crippen molar-refractivity contribution in [2.24, 2.45) is 0 Å². The lowest BCUT2D eigenvalue weighted by Crippen LogP contribution is -2.30. The van der Waals surface area contributed by atoms with E-state index in [1.165, 1.54) is 0 Å². The van der Waals surface area contributed by atoms with Gasteiger partial charge in [-0.2, -0.15) is 0 Å². The van der Waals surface area contributed by atoms with Gasteiger partial charge in [0.15, 0.2) is 0 Å². The monoisotopic (exact) mass is 370 g/mol. The van der Waals surface area contributed by atoms with Crippen LogP contribution in [0.1, 0.15) is 12.0 Å². The number of aliphatic carboxylic acids is 1. The Morgan fingerprint density at radius 3 is 2.77 bits per heavy atom. The molecule has 0 unspecified atom stereocenters. The minimum atomic E-state index is -0.851. The molecule has 6 heteroatoms. The first kappa shape index (κ1) is 18.2. The number of para-hydroxylation sites is 1. The molecule has 4 rings (SSSR count). The normalized spacial score (nSPS) is 19.2. The van der Waals surface area contributed by atoms with E-state index in [4.69, 9.17) is 9.84 Å². The molecule has 1 aliphatic rings. The van der Waals surface area contributed by atoms with Crippen molar-refractivity contribution in [2.45, 2.75) is 18.6 Å². The first-order chi connectivity index (χ1) is 12.2. The van der Waals surface area contributed by atoms with Crippen molar-refractivity contribution in [3.8, 4) is 5.88 Å². The first-order valence-electron chi connectivity index (χ1n) is 8.23. The summed E-state index contributed by atoms with van der Waals surface area (Å²) in [6.45, 7) is 4.32. The maximum atomic E-state index is 11.1. The summed E-state index contributed by atoms with van der Waals surface area (Å²) in [4.78, 5) is 15.8. The number of hydrogen-bond donors (Lipinski definition) is 2. The number of fused-ring (bicyclic) bond motifs is 3. The molecule has 3 aromatic rings. The highest BCUT2D eigenvalue weighted by atomic mass is 35.5. The first-order valence-corrected chi connectivity index (χ1v) is 8.23. The second kappa shape index (κ2) is 7.32. The van der Waals surface area contributed by atoms with Gasteiger partial charge in [0.2, 0.25) is 5.88 Å². The van der Waals surface area contributed by atoms with E-state index in [1.54, 1.807) is 6.08 Å². The lowest BCUT2D eigenvalue weighted by atomic mass is 10.0. The predicted octanol–water partition coefficient (Wildman–Crippen LogP) is 3.65. The molecular formula is C20H19ClN2O3. The molecule has 2 atom stereocenters. The van der Waals surface area contributed by atoms with Gasteiger partial charge < -0.3 is 15.2 Å². The molecule has 1 fully saturated rings. The van der Waals surface area contributed by atoms with Crippen LogP contribution in [0.2, 0.25) is 0 Å². The summed E-state index contributed by atoms with van der Waals surface area (Å²) in [5.41, 5.74) is 1.85. The molecule has 1 aromatic heterocycles. The maximum absolute atomic E-state index is 11.1. The Morgan fingerprint density at radius 1 is 1.23 bits per heavy atom. The topological polar surface area (TPSA) is 71.5 Å². The van der Waals surface area contributed by atoms with Crippen molar-refractivity contribution in [1.82, 2.24) is 10.3 Å². The molecule has 26 heavy (non-hydrogen) atoms. The number of carboxylic acid groups (broad SMARTS) is 1. The fourth-order valence-corrected chi connectivity index (χ4v) is 3.30. The number of halogens is 1. The highest BCUT2D eigenvalue weighted by Crippen LogP contribution is 2.33. The van der Waals surface area contributed by atoms with Gasteiger partial charge in [0.1, 0.15) is 12.1 Å². The van der Waals surface area contributed by atoms with E-state index >= 15 is 0 Å². The van der Waals surface area contributed by atoms with Crippen LogP contribution in [0.15, 0.2) is 49.0 Å². The van der Waals surface area contributed by atoms with Crippen molar-refractivity contribution >= 4 is 46.1 Å². The zero-order valence-electron chi connectivity index (χ0n) is 14.0. The van der Waals surface area contributed by atoms with Crippen LogP contribution in [0.4, 0.5) is 0 Å². The third-order valence-electron chi connectivity index (χ3n) is 4.59. The van der Waals surface area contributed by atoms with Gasteiger partial charge in [-0.15, -0.1) is 12.4 Å². The molecule has 1 saturated heterocycles. The van der Waals surface area contributed by atoms with Gasteiger partial charge in [-0.05, 0) is 23.1 Å². The maximum Gasteiger partial charge on any atom is 0.320 e. The SMILES string of the molecule is C=Cc1ccc2c(c1)c(O[C@H]1CN[C@H](C(=O)O)C1)nc1ccccc12.Cl. The summed E-state index contributed by atoms with van der Waals surface area (Å²) in [7, 11) is 0. The van der Waals surface area contributed by atoms with Crippen LogP contribution in [-0.2, 0) is 4.79 Å². The van der Waals surface area contributed by atoms with Gasteiger partial charge >= 0.3 is 5.97 Å². The Morgan fingerprint density at radius 2 is 2.04 bits per heavy atom. The number of ether oxygens (including phenoxy) is 1. The largest absolute Gasteiger partial charge is 0.480 e. The van der Waals surface area contributed by atoms with Gasteiger partial charge in [0.05, 0.1) is 5.52 Å². The van der Waals surface area contributed by atoms with Gasteiger partial charge in [0, 0.05) is 23.7 Å². The fraction of sp³-hybridized carbons (Fsp3) is 0.200. The second-order valence-corrected chi connectivity index (χ2v) is 6.22. The summed E-state index contributed by atoms with van der Waals surface area (Å²) < 4.78 is 6.11. The molecular weight excluding hydrogens is 352 g/mol. The number of nitrogens with zero attached hydrogens (tertiary/aromatic N) is 1. The highest BCUT2D eigenvalue weighted by Gasteiger charge is 2.31. The van der Waals surface area contributed by atoms with Crippen LogP contribution < -0.4 is 10.1 Å². The number of nitrogens with one attached hydrogen (secondary N) is 1. The van der Waals surface area contributed by atoms with E-state index in [0.29, 0.717) is 18.8 Å². The van der Waals surface area contributed by atoms with Crippen molar-refractivity contribution in [2.75, 3.05) is 6.54 Å². The molecule has 0 amide bonds. The van der Waals surface area contributed by atoms with E-state index in [1.807, 2.05) is 36.4 Å². The van der Waals surface area contributed by atoms with Crippen LogP contribution >= 0.6 is 12.4 Å². The van der Waals surface area contributed by atoms with E-state index in [9.17, 15) is 4.79 Å². The lowest BCUT2D eigenvalue weighted by Gasteiger charge is -2.15. The van der Waals surface area contributed by atoms with E-state index in [0.717, 1.165) is 27.2 Å². The van der Waals surface area contributed by atoms with Crippen molar-refractivity contribution in [1.29, 1.82) is 0 Å². The van der Waals surface area contributed by atoms with E-state index in [2.05, 4.69) is 22.9 Å². The predicted molar refractivity (Wildman–Crippen MR) is 105 cm³/mol. The Balaban J connectivity index is 0.00000196. The van der Waals surface area contributed by atoms with Crippen LogP contribution in [0.5, 0.6) is 5.88 Å².